The van der Waals surface area contributed by atoms with Crippen LogP contribution in [0, 0.1) is 0 Å². The first-order chi connectivity index (χ1) is 21.0. The second-order valence-corrected chi connectivity index (χ2v) is 11.8. The lowest BCUT2D eigenvalue weighted by Gasteiger charge is -2.34. The molecule has 1 aliphatic heterocycles. The molecule has 3 N–H and O–H groups in total. The Balaban J connectivity index is 1.39. The normalized spacial score (nSPS) is 15.8. The maximum Gasteiger partial charge on any atom is 0.416 e. The maximum atomic E-state index is 13.9. The van der Waals surface area contributed by atoms with Crippen molar-refractivity contribution in [3.63, 3.8) is 0 Å². The molecule has 0 saturated carbocycles. The van der Waals surface area contributed by atoms with Gasteiger partial charge >= 0.3 is 12.2 Å². The van der Waals surface area contributed by atoms with Crippen molar-refractivity contribution in [2.75, 3.05) is 32.5 Å². The number of benzene rings is 3. The van der Waals surface area contributed by atoms with Crippen LogP contribution in [0.15, 0.2) is 79.0 Å². The van der Waals surface area contributed by atoms with Crippen molar-refractivity contribution in [2.45, 2.75) is 50.4 Å². The summed E-state index contributed by atoms with van der Waals surface area (Å²) < 4.78 is 41.3. The van der Waals surface area contributed by atoms with Gasteiger partial charge in [-0.3, -0.25) is 4.79 Å². The van der Waals surface area contributed by atoms with E-state index in [2.05, 4.69) is 27.8 Å². The van der Waals surface area contributed by atoms with E-state index in [1.165, 1.54) is 11.6 Å². The van der Waals surface area contributed by atoms with Gasteiger partial charge < -0.3 is 25.4 Å². The van der Waals surface area contributed by atoms with Gasteiger partial charge in [-0.05, 0) is 73.8 Å². The molecule has 4 aromatic rings. The largest absolute Gasteiger partial charge is 0.416 e. The topological polar surface area (TPSA) is 80.5 Å². The highest BCUT2D eigenvalue weighted by molar-refractivity contribution is 5.98. The molecule has 1 aromatic heterocycles. The van der Waals surface area contributed by atoms with Gasteiger partial charge in [0.15, 0.2) is 0 Å². The summed E-state index contributed by atoms with van der Waals surface area (Å²) in [6.45, 7) is 3.16. The Hall–Kier alpha value is -4.31. The molecule has 0 aliphatic carbocycles. The summed E-state index contributed by atoms with van der Waals surface area (Å²) in [6, 6.07) is 20.0. The molecule has 0 radical (unpaired) electrons. The molecule has 0 spiro atoms. The highest BCUT2D eigenvalue weighted by atomic mass is 19.4. The Kier molecular flexibility index (Phi) is 9.29. The van der Waals surface area contributed by atoms with E-state index in [4.69, 9.17) is 0 Å². The number of likely N-dealkylation sites (tertiary alicyclic amines) is 1. The lowest BCUT2D eigenvalue weighted by atomic mass is 9.89. The fourth-order valence-corrected chi connectivity index (χ4v) is 6.04. The van der Waals surface area contributed by atoms with Crippen molar-refractivity contribution in [3.8, 4) is 0 Å². The minimum Gasteiger partial charge on any atom is -0.361 e. The minimum atomic E-state index is -4.58. The predicted octanol–water partition coefficient (Wildman–Crippen LogP) is 6.95. The molecule has 1 aliphatic rings. The number of H-pyrrole nitrogens is 1. The van der Waals surface area contributed by atoms with E-state index in [-0.39, 0.29) is 18.3 Å². The average molecular weight is 606 g/mol. The molecule has 44 heavy (non-hydrogen) atoms. The van der Waals surface area contributed by atoms with Crippen LogP contribution in [0.25, 0.3) is 10.9 Å². The lowest BCUT2D eigenvalue weighted by molar-refractivity contribution is -0.137. The number of halogens is 3. The second-order valence-electron chi connectivity index (χ2n) is 11.8. The Labute approximate surface area is 255 Å². The zero-order chi connectivity index (χ0) is 31.4. The monoisotopic (exact) mass is 605 g/mol. The summed E-state index contributed by atoms with van der Waals surface area (Å²) in [4.78, 5) is 34.1. The molecule has 0 unspecified atom stereocenters. The number of piperidine rings is 1. The number of para-hydroxylation sites is 1. The van der Waals surface area contributed by atoms with E-state index in [1.54, 1.807) is 23.9 Å². The molecule has 10 heteroatoms. The van der Waals surface area contributed by atoms with Crippen molar-refractivity contribution in [3.05, 3.63) is 101 Å². The molecule has 1 saturated heterocycles. The summed E-state index contributed by atoms with van der Waals surface area (Å²) in [5.74, 6) is -0.740. The van der Waals surface area contributed by atoms with Gasteiger partial charge in [-0.1, -0.05) is 55.5 Å². The number of hydrogen-bond acceptors (Lipinski definition) is 3. The number of fused-ring (bicyclic) bond motifs is 1. The number of alkyl halides is 3. The van der Waals surface area contributed by atoms with Crippen LogP contribution in [0.1, 0.15) is 53.9 Å². The van der Waals surface area contributed by atoms with Crippen molar-refractivity contribution in [1.82, 2.24) is 20.1 Å². The second kappa shape index (κ2) is 13.1. The number of carbonyl (C=O) groups is 2. The molecule has 7 nitrogen and oxygen atoms in total. The zero-order valence-corrected chi connectivity index (χ0v) is 25.1. The standard InChI is InChI=1S/C34H38F3N5O2/c1-22(29-20-38-30-12-8-7-11-28(29)30)31(40-33(44)42-15-13-25(14-16-42)24-9-5-4-6-10-24)32(43)39-27-18-23(21-41(2)3)17-26(19-27)34(35,36)37/h4-12,17-20,22,25,31,38H,13-16,21H2,1-3H3,(H,39,43)(H,40,44)/t22-,31+/m0/s1. The van der Waals surface area contributed by atoms with Gasteiger partial charge in [-0.25, -0.2) is 4.79 Å². The summed E-state index contributed by atoms with van der Waals surface area (Å²) >= 11 is 0. The summed E-state index contributed by atoms with van der Waals surface area (Å²) in [5.41, 5.74) is 2.53. The number of hydrogen-bond donors (Lipinski definition) is 3. The summed E-state index contributed by atoms with van der Waals surface area (Å²) in [5, 5.41) is 6.54. The van der Waals surface area contributed by atoms with E-state index in [9.17, 15) is 22.8 Å². The van der Waals surface area contributed by atoms with Crippen LogP contribution in [0.4, 0.5) is 23.7 Å². The molecule has 3 amide bonds. The first kappa shape index (κ1) is 31.1. The van der Waals surface area contributed by atoms with Crippen LogP contribution in [-0.2, 0) is 17.5 Å². The Morgan fingerprint density at radius 3 is 2.36 bits per heavy atom. The Bertz CT molecular complexity index is 1590. The van der Waals surface area contributed by atoms with Crippen molar-refractivity contribution in [1.29, 1.82) is 0 Å². The highest BCUT2D eigenvalue weighted by Crippen LogP contribution is 2.34. The van der Waals surface area contributed by atoms with Gasteiger partial charge in [-0.2, -0.15) is 13.2 Å². The first-order valence-electron chi connectivity index (χ1n) is 14.8. The summed E-state index contributed by atoms with van der Waals surface area (Å²) in [6.07, 6.45) is -1.18. The molecule has 0 bridgehead atoms. The van der Waals surface area contributed by atoms with E-state index >= 15 is 0 Å². The van der Waals surface area contributed by atoms with Crippen LogP contribution < -0.4 is 10.6 Å². The van der Waals surface area contributed by atoms with E-state index in [0.717, 1.165) is 41.4 Å². The zero-order valence-electron chi connectivity index (χ0n) is 25.1. The van der Waals surface area contributed by atoms with Crippen molar-refractivity contribution < 1.29 is 22.8 Å². The molecular weight excluding hydrogens is 567 g/mol. The Morgan fingerprint density at radius 1 is 1.00 bits per heavy atom. The van der Waals surface area contributed by atoms with Gasteiger partial charge in [-0.15, -0.1) is 0 Å². The van der Waals surface area contributed by atoms with Crippen LogP contribution in [-0.4, -0.2) is 59.9 Å². The third-order valence-electron chi connectivity index (χ3n) is 8.31. The third kappa shape index (κ3) is 7.24. The summed E-state index contributed by atoms with van der Waals surface area (Å²) in [7, 11) is 3.52. The molecule has 5 rings (SSSR count). The van der Waals surface area contributed by atoms with Crippen LogP contribution >= 0.6 is 0 Å². The molecule has 232 valence electrons. The van der Waals surface area contributed by atoms with Crippen molar-refractivity contribution >= 4 is 28.5 Å². The third-order valence-corrected chi connectivity index (χ3v) is 8.31. The number of rotatable bonds is 8. The van der Waals surface area contributed by atoms with E-state index < -0.39 is 29.6 Å². The van der Waals surface area contributed by atoms with Crippen molar-refractivity contribution in [2.24, 2.45) is 0 Å². The first-order valence-corrected chi connectivity index (χ1v) is 14.8. The van der Waals surface area contributed by atoms with Crippen LogP contribution in [0.5, 0.6) is 0 Å². The van der Waals surface area contributed by atoms with Gasteiger partial charge in [0, 0.05) is 48.3 Å². The highest BCUT2D eigenvalue weighted by Gasteiger charge is 2.34. The van der Waals surface area contributed by atoms with Gasteiger partial charge in [0.25, 0.3) is 0 Å². The quantitative estimate of drug-likeness (QED) is 0.203. The molecule has 1 fully saturated rings. The number of aromatic nitrogens is 1. The SMILES string of the molecule is C[C@@H](c1c[nH]c2ccccc12)[C@@H](NC(=O)N1CCC(c2ccccc2)CC1)C(=O)Nc1cc(CN(C)C)cc(C(F)(F)F)c1. The number of nitrogens with one attached hydrogen (secondary N) is 3. The number of amides is 3. The van der Waals surface area contributed by atoms with E-state index in [1.807, 2.05) is 55.6 Å². The van der Waals surface area contributed by atoms with Crippen LogP contribution in [0.2, 0.25) is 0 Å². The fraction of sp³-hybridized carbons (Fsp3) is 0.353. The van der Waals surface area contributed by atoms with E-state index in [0.29, 0.717) is 24.6 Å². The van der Waals surface area contributed by atoms with Gasteiger partial charge in [0.1, 0.15) is 6.04 Å². The number of carbonyl (C=O) groups excluding carboxylic acids is 2. The average Bonchev–Trinajstić information content (AvgIpc) is 3.43. The Morgan fingerprint density at radius 2 is 1.68 bits per heavy atom. The fourth-order valence-electron chi connectivity index (χ4n) is 6.04. The number of aromatic amines is 1. The smallest absolute Gasteiger partial charge is 0.361 e. The lowest BCUT2D eigenvalue weighted by Crippen LogP contribution is -2.53. The molecule has 3 aromatic carbocycles. The number of nitrogens with zero attached hydrogens (tertiary/aromatic N) is 2. The number of urea groups is 1. The predicted molar refractivity (Wildman–Crippen MR) is 166 cm³/mol. The van der Waals surface area contributed by atoms with Crippen LogP contribution in [0.3, 0.4) is 0 Å². The van der Waals surface area contributed by atoms with Gasteiger partial charge in [0.05, 0.1) is 5.56 Å². The number of anilines is 1. The molecule has 2 heterocycles. The molecule has 2 atom stereocenters. The minimum absolute atomic E-state index is 0.0238. The van der Waals surface area contributed by atoms with Gasteiger partial charge in [0.2, 0.25) is 5.91 Å². The maximum absolute atomic E-state index is 13.9. The molecular formula is C34H38F3N5O2.